The zero-order chi connectivity index (χ0) is 26.5. The van der Waals surface area contributed by atoms with Crippen molar-refractivity contribution in [1.82, 2.24) is 10.2 Å². The fourth-order valence-electron chi connectivity index (χ4n) is 3.85. The van der Waals surface area contributed by atoms with E-state index in [9.17, 15) is 18.8 Å². The summed E-state index contributed by atoms with van der Waals surface area (Å²) in [6.45, 7) is 2.09. The third-order valence-corrected chi connectivity index (χ3v) is 5.97. The van der Waals surface area contributed by atoms with Crippen LogP contribution >= 0.6 is 0 Å². The Balaban J connectivity index is 1.59. The molecule has 0 unspecified atom stereocenters. The van der Waals surface area contributed by atoms with Crippen LogP contribution in [0.15, 0.2) is 54.6 Å². The van der Waals surface area contributed by atoms with Crippen LogP contribution in [-0.4, -0.2) is 67.1 Å². The van der Waals surface area contributed by atoms with Crippen LogP contribution in [0.1, 0.15) is 42.4 Å². The molecule has 196 valence electrons. The second-order valence-electron chi connectivity index (χ2n) is 8.77. The standard InChI is InChI=1S/C29H33FN2O5/c30-25-12-10-24(11-13-25)27(29(36)32-16-18-37-19-17-32)20-23-7-5-22(6-8-23)9-14-28(35)31-15-3-1-2-4-26(34)21-33/h5-14,20,33H,1-4,15-19,21H2,(H,31,35)/b14-9+,27-20+. The number of ketones is 1. The first-order valence-corrected chi connectivity index (χ1v) is 12.5. The van der Waals surface area contributed by atoms with Crippen LogP contribution in [0.5, 0.6) is 0 Å². The normalized spacial score (nSPS) is 14.1. The van der Waals surface area contributed by atoms with E-state index in [0.29, 0.717) is 56.8 Å². The Kier molecular flexibility index (Phi) is 11.2. The van der Waals surface area contributed by atoms with Crippen LogP contribution in [0.25, 0.3) is 17.7 Å². The highest BCUT2D eigenvalue weighted by molar-refractivity contribution is 6.24. The summed E-state index contributed by atoms with van der Waals surface area (Å²) in [5.74, 6) is -0.860. The molecule has 37 heavy (non-hydrogen) atoms. The number of carbonyl (C=O) groups is 3. The molecule has 7 nitrogen and oxygen atoms in total. The molecule has 3 rings (SSSR count). The highest BCUT2D eigenvalue weighted by atomic mass is 19.1. The maximum Gasteiger partial charge on any atom is 0.254 e. The predicted molar refractivity (Wildman–Crippen MR) is 141 cm³/mol. The molecular weight excluding hydrogens is 475 g/mol. The maximum absolute atomic E-state index is 13.5. The zero-order valence-corrected chi connectivity index (χ0v) is 20.8. The fraction of sp³-hybridized carbons (Fsp3) is 0.345. The van der Waals surface area contributed by atoms with Crippen molar-refractivity contribution in [1.29, 1.82) is 0 Å². The van der Waals surface area contributed by atoms with E-state index in [0.717, 1.165) is 24.0 Å². The van der Waals surface area contributed by atoms with Gasteiger partial charge in [0.1, 0.15) is 12.4 Å². The minimum Gasteiger partial charge on any atom is -0.389 e. The van der Waals surface area contributed by atoms with E-state index < -0.39 is 6.61 Å². The van der Waals surface area contributed by atoms with Crippen molar-refractivity contribution >= 4 is 35.3 Å². The van der Waals surface area contributed by atoms with Crippen LogP contribution in [0.2, 0.25) is 0 Å². The van der Waals surface area contributed by atoms with E-state index in [-0.39, 0.29) is 23.4 Å². The average molecular weight is 509 g/mol. The SMILES string of the molecule is O=C(CO)CCCCCNC(=O)/C=C/c1ccc(/C=C(/C(=O)N2CCOCC2)c2ccc(F)cc2)cc1. The second kappa shape index (κ2) is 14.8. The third-order valence-electron chi connectivity index (χ3n) is 5.97. The zero-order valence-electron chi connectivity index (χ0n) is 20.8. The molecule has 0 atom stereocenters. The van der Waals surface area contributed by atoms with Crippen LogP contribution < -0.4 is 5.32 Å². The quantitative estimate of drug-likeness (QED) is 0.260. The smallest absolute Gasteiger partial charge is 0.254 e. The maximum atomic E-state index is 13.5. The van der Waals surface area contributed by atoms with Crippen molar-refractivity contribution in [2.45, 2.75) is 25.7 Å². The largest absolute Gasteiger partial charge is 0.389 e. The van der Waals surface area contributed by atoms with E-state index >= 15 is 0 Å². The highest BCUT2D eigenvalue weighted by Crippen LogP contribution is 2.22. The first kappa shape index (κ1) is 28.0. The molecule has 2 N–H and O–H groups in total. The Labute approximate surface area is 216 Å². The summed E-state index contributed by atoms with van der Waals surface area (Å²) >= 11 is 0. The van der Waals surface area contributed by atoms with E-state index in [2.05, 4.69) is 5.32 Å². The predicted octanol–water partition coefficient (Wildman–Crippen LogP) is 3.48. The Morgan fingerprint density at radius 3 is 2.30 bits per heavy atom. The van der Waals surface area contributed by atoms with Gasteiger partial charge >= 0.3 is 0 Å². The minimum absolute atomic E-state index is 0.129. The van der Waals surface area contributed by atoms with Gasteiger partial charge in [-0.15, -0.1) is 0 Å². The summed E-state index contributed by atoms with van der Waals surface area (Å²) in [5, 5.41) is 11.5. The molecule has 1 aliphatic heterocycles. The summed E-state index contributed by atoms with van der Waals surface area (Å²) in [6.07, 6.45) is 7.60. The number of hydrogen-bond acceptors (Lipinski definition) is 5. The number of hydrogen-bond donors (Lipinski definition) is 2. The molecule has 0 bridgehead atoms. The van der Waals surface area contributed by atoms with Gasteiger partial charge in [0.05, 0.1) is 13.2 Å². The molecule has 1 saturated heterocycles. The fourth-order valence-corrected chi connectivity index (χ4v) is 3.85. The number of carbonyl (C=O) groups excluding carboxylic acids is 3. The number of Topliss-reactive ketones (excluding diaryl/α,β-unsaturated/α-hetero) is 1. The number of unbranched alkanes of at least 4 members (excludes halogenated alkanes) is 2. The van der Waals surface area contributed by atoms with E-state index in [1.165, 1.54) is 18.2 Å². The minimum atomic E-state index is -0.416. The van der Waals surface area contributed by atoms with Gasteiger partial charge < -0.3 is 20.1 Å². The number of amides is 2. The molecule has 8 heteroatoms. The monoisotopic (exact) mass is 508 g/mol. The van der Waals surface area contributed by atoms with E-state index in [1.807, 2.05) is 24.3 Å². The lowest BCUT2D eigenvalue weighted by Crippen LogP contribution is -2.41. The Hall–Kier alpha value is -3.62. The Morgan fingerprint density at radius 1 is 0.946 bits per heavy atom. The summed E-state index contributed by atoms with van der Waals surface area (Å²) in [6, 6.07) is 13.3. The van der Waals surface area contributed by atoms with Crippen LogP contribution in [0.4, 0.5) is 4.39 Å². The average Bonchev–Trinajstić information content (AvgIpc) is 2.93. The summed E-state index contributed by atoms with van der Waals surface area (Å²) in [5.41, 5.74) is 2.75. The molecule has 1 fully saturated rings. The number of benzene rings is 2. The van der Waals surface area contributed by atoms with Gasteiger partial charge in [-0.1, -0.05) is 42.8 Å². The van der Waals surface area contributed by atoms with Gasteiger partial charge in [0.15, 0.2) is 5.78 Å². The molecule has 0 radical (unpaired) electrons. The second-order valence-corrected chi connectivity index (χ2v) is 8.77. The van der Waals surface area contributed by atoms with Crippen molar-refractivity contribution in [2.24, 2.45) is 0 Å². The van der Waals surface area contributed by atoms with Crippen molar-refractivity contribution in [3.8, 4) is 0 Å². The molecule has 2 aromatic carbocycles. The van der Waals surface area contributed by atoms with Crippen molar-refractivity contribution in [3.05, 3.63) is 77.1 Å². The number of nitrogens with zero attached hydrogens (tertiary/aromatic N) is 1. The van der Waals surface area contributed by atoms with Gasteiger partial charge in [-0.25, -0.2) is 4.39 Å². The van der Waals surface area contributed by atoms with Gasteiger partial charge in [-0.2, -0.15) is 0 Å². The van der Waals surface area contributed by atoms with Crippen LogP contribution in [0.3, 0.4) is 0 Å². The summed E-state index contributed by atoms with van der Waals surface area (Å²) in [4.78, 5) is 38.1. The van der Waals surface area contributed by atoms with Gasteiger partial charge in [0.25, 0.3) is 5.91 Å². The molecule has 1 heterocycles. The lowest BCUT2D eigenvalue weighted by molar-refractivity contribution is -0.129. The number of rotatable bonds is 12. The third kappa shape index (κ3) is 9.40. The number of morpholine rings is 1. The first-order valence-electron chi connectivity index (χ1n) is 12.5. The van der Waals surface area contributed by atoms with Crippen LogP contribution in [0, 0.1) is 5.82 Å². The Bertz CT molecular complexity index is 1100. The van der Waals surface area contributed by atoms with Gasteiger partial charge in [0, 0.05) is 37.7 Å². The summed E-state index contributed by atoms with van der Waals surface area (Å²) < 4.78 is 18.8. The summed E-state index contributed by atoms with van der Waals surface area (Å²) in [7, 11) is 0. The number of aliphatic hydroxyl groups is 1. The van der Waals surface area contributed by atoms with Crippen LogP contribution in [-0.2, 0) is 19.1 Å². The molecule has 0 spiro atoms. The Morgan fingerprint density at radius 2 is 1.62 bits per heavy atom. The number of ether oxygens (including phenoxy) is 1. The molecule has 2 aromatic rings. The number of nitrogens with one attached hydrogen (secondary N) is 1. The van der Waals surface area contributed by atoms with Gasteiger partial charge in [-0.05, 0) is 53.8 Å². The lowest BCUT2D eigenvalue weighted by atomic mass is 10.0. The van der Waals surface area contributed by atoms with Gasteiger partial charge in [0.2, 0.25) is 5.91 Å². The number of halogens is 1. The first-order chi connectivity index (χ1) is 18.0. The molecular formula is C29H33FN2O5. The van der Waals surface area contributed by atoms with Crippen molar-refractivity contribution in [2.75, 3.05) is 39.5 Å². The topological polar surface area (TPSA) is 95.9 Å². The number of aliphatic hydroxyl groups excluding tert-OH is 1. The molecule has 0 aliphatic carbocycles. The van der Waals surface area contributed by atoms with E-state index in [1.54, 1.807) is 29.2 Å². The molecule has 0 aromatic heterocycles. The van der Waals surface area contributed by atoms with Gasteiger partial charge in [-0.3, -0.25) is 14.4 Å². The van der Waals surface area contributed by atoms with Crippen molar-refractivity contribution in [3.63, 3.8) is 0 Å². The molecule has 0 saturated carbocycles. The highest BCUT2D eigenvalue weighted by Gasteiger charge is 2.22. The lowest BCUT2D eigenvalue weighted by Gasteiger charge is -2.28. The van der Waals surface area contributed by atoms with E-state index in [4.69, 9.17) is 9.84 Å². The molecule has 1 aliphatic rings. The molecule has 2 amide bonds. The van der Waals surface area contributed by atoms with Crippen molar-refractivity contribution < 1.29 is 28.6 Å².